The third-order valence-electron chi connectivity index (χ3n) is 3.41. The first kappa shape index (κ1) is 14.6. The summed E-state index contributed by atoms with van der Waals surface area (Å²) in [6, 6.07) is 5.63. The molecule has 1 atom stereocenters. The van der Waals surface area contributed by atoms with Gasteiger partial charge in [0, 0.05) is 17.7 Å². The molecular formula is C16H19NO3. The van der Waals surface area contributed by atoms with E-state index in [2.05, 4.69) is 11.8 Å². The summed E-state index contributed by atoms with van der Waals surface area (Å²) in [6.07, 6.45) is 0. The van der Waals surface area contributed by atoms with Gasteiger partial charge in [0.25, 0.3) is 5.91 Å². The van der Waals surface area contributed by atoms with Crippen LogP contribution in [0.25, 0.3) is 0 Å². The minimum atomic E-state index is -0.183. The molecule has 106 valence electrons. The van der Waals surface area contributed by atoms with Crippen molar-refractivity contribution >= 4 is 5.91 Å². The van der Waals surface area contributed by atoms with Crippen LogP contribution in [0.1, 0.15) is 28.4 Å². The molecule has 0 saturated carbocycles. The Labute approximate surface area is 119 Å². The standard InChI is InChI=1S/C16H19NO3/c1-12-5-6-14(4-3-8-18)10-15(12)16(19)17-7-9-20-11-13(17)2/h5-6,10,13,18H,7-9,11H2,1-2H3. The Balaban J connectivity index is 2.28. The number of rotatable bonds is 1. The first-order valence-electron chi connectivity index (χ1n) is 6.72. The fraction of sp³-hybridized carbons (Fsp3) is 0.438. The highest BCUT2D eigenvalue weighted by Gasteiger charge is 2.25. The molecule has 1 fully saturated rings. The number of hydrogen-bond acceptors (Lipinski definition) is 3. The van der Waals surface area contributed by atoms with Crippen molar-refractivity contribution in [3.8, 4) is 11.8 Å². The highest BCUT2D eigenvalue weighted by Crippen LogP contribution is 2.17. The molecule has 1 amide bonds. The second-order valence-electron chi connectivity index (χ2n) is 4.91. The van der Waals surface area contributed by atoms with Gasteiger partial charge in [-0.2, -0.15) is 0 Å². The van der Waals surface area contributed by atoms with E-state index in [4.69, 9.17) is 9.84 Å². The average Bonchev–Trinajstić information content (AvgIpc) is 2.46. The smallest absolute Gasteiger partial charge is 0.254 e. The lowest BCUT2D eigenvalue weighted by molar-refractivity contribution is 0.00355. The number of benzene rings is 1. The number of nitrogens with zero attached hydrogens (tertiary/aromatic N) is 1. The van der Waals surface area contributed by atoms with Crippen LogP contribution in [-0.2, 0) is 4.74 Å². The fourth-order valence-electron chi connectivity index (χ4n) is 2.26. The van der Waals surface area contributed by atoms with Crippen LogP contribution in [0.3, 0.4) is 0 Å². The average molecular weight is 273 g/mol. The lowest BCUT2D eigenvalue weighted by atomic mass is 10.0. The molecular weight excluding hydrogens is 254 g/mol. The number of carbonyl (C=O) groups excluding carboxylic acids is 1. The highest BCUT2D eigenvalue weighted by atomic mass is 16.5. The third kappa shape index (κ3) is 3.19. The number of hydrogen-bond donors (Lipinski definition) is 1. The van der Waals surface area contributed by atoms with Crippen LogP contribution in [0.2, 0.25) is 0 Å². The van der Waals surface area contributed by atoms with Gasteiger partial charge in [0.05, 0.1) is 19.3 Å². The Bertz CT molecular complexity index is 557. The Hall–Kier alpha value is -1.83. The summed E-state index contributed by atoms with van der Waals surface area (Å²) in [5, 5.41) is 8.74. The minimum absolute atomic E-state index is 0.0194. The molecule has 1 heterocycles. The largest absolute Gasteiger partial charge is 0.384 e. The van der Waals surface area contributed by atoms with Crippen molar-refractivity contribution in [2.75, 3.05) is 26.4 Å². The van der Waals surface area contributed by atoms with Crippen LogP contribution < -0.4 is 0 Å². The Kier molecular flexibility index (Phi) is 4.78. The summed E-state index contributed by atoms with van der Waals surface area (Å²) in [5.74, 6) is 5.45. The SMILES string of the molecule is Cc1ccc(C#CCO)cc1C(=O)N1CCOCC1C. The molecule has 1 aromatic rings. The van der Waals surface area contributed by atoms with E-state index in [1.54, 1.807) is 6.07 Å². The second kappa shape index (κ2) is 6.56. The van der Waals surface area contributed by atoms with Gasteiger partial charge in [-0.15, -0.1) is 0 Å². The predicted octanol–water partition coefficient (Wildman–Crippen LogP) is 1.20. The number of aryl methyl sites for hydroxylation is 1. The highest BCUT2D eigenvalue weighted by molar-refractivity contribution is 5.96. The number of morpholine rings is 1. The van der Waals surface area contributed by atoms with E-state index in [0.717, 1.165) is 11.1 Å². The maximum absolute atomic E-state index is 12.6. The summed E-state index contributed by atoms with van der Waals surface area (Å²) >= 11 is 0. The number of ether oxygens (including phenoxy) is 1. The monoisotopic (exact) mass is 273 g/mol. The normalized spacial score (nSPS) is 18.4. The van der Waals surface area contributed by atoms with Crippen molar-refractivity contribution in [2.24, 2.45) is 0 Å². The van der Waals surface area contributed by atoms with E-state index >= 15 is 0 Å². The van der Waals surface area contributed by atoms with Crippen LogP contribution in [0.15, 0.2) is 18.2 Å². The molecule has 20 heavy (non-hydrogen) atoms. The van der Waals surface area contributed by atoms with Gasteiger partial charge >= 0.3 is 0 Å². The molecule has 2 rings (SSSR count). The zero-order chi connectivity index (χ0) is 14.5. The third-order valence-corrected chi connectivity index (χ3v) is 3.41. The minimum Gasteiger partial charge on any atom is -0.384 e. The Morgan fingerprint density at radius 1 is 1.55 bits per heavy atom. The van der Waals surface area contributed by atoms with Crippen molar-refractivity contribution in [1.82, 2.24) is 4.90 Å². The van der Waals surface area contributed by atoms with Gasteiger partial charge in [0.2, 0.25) is 0 Å². The molecule has 0 radical (unpaired) electrons. The molecule has 1 saturated heterocycles. The lowest BCUT2D eigenvalue weighted by Crippen LogP contribution is -2.47. The van der Waals surface area contributed by atoms with Gasteiger partial charge < -0.3 is 14.7 Å². The number of aliphatic hydroxyl groups is 1. The van der Waals surface area contributed by atoms with Crippen molar-refractivity contribution in [1.29, 1.82) is 0 Å². The van der Waals surface area contributed by atoms with E-state index < -0.39 is 0 Å². The van der Waals surface area contributed by atoms with Crippen molar-refractivity contribution in [3.63, 3.8) is 0 Å². The molecule has 0 aromatic heterocycles. The van der Waals surface area contributed by atoms with E-state index in [1.165, 1.54) is 0 Å². The molecule has 0 spiro atoms. The van der Waals surface area contributed by atoms with E-state index in [0.29, 0.717) is 25.3 Å². The summed E-state index contributed by atoms with van der Waals surface area (Å²) in [5.41, 5.74) is 2.35. The van der Waals surface area contributed by atoms with Crippen LogP contribution in [0.5, 0.6) is 0 Å². The molecule has 1 aliphatic rings. The van der Waals surface area contributed by atoms with Crippen LogP contribution >= 0.6 is 0 Å². The maximum atomic E-state index is 12.6. The van der Waals surface area contributed by atoms with E-state index in [-0.39, 0.29) is 18.6 Å². The first-order valence-corrected chi connectivity index (χ1v) is 6.72. The van der Waals surface area contributed by atoms with Crippen LogP contribution in [0.4, 0.5) is 0 Å². The lowest BCUT2D eigenvalue weighted by Gasteiger charge is -2.33. The number of aliphatic hydroxyl groups excluding tert-OH is 1. The summed E-state index contributed by atoms with van der Waals surface area (Å²) < 4.78 is 5.36. The van der Waals surface area contributed by atoms with Gasteiger partial charge in [0.15, 0.2) is 0 Å². The van der Waals surface area contributed by atoms with Crippen LogP contribution in [0, 0.1) is 18.8 Å². The molecule has 1 N–H and O–H groups in total. The van der Waals surface area contributed by atoms with Crippen LogP contribution in [-0.4, -0.2) is 48.3 Å². The number of carbonyl (C=O) groups is 1. The topological polar surface area (TPSA) is 49.8 Å². The van der Waals surface area contributed by atoms with Gasteiger partial charge in [-0.1, -0.05) is 17.9 Å². The quantitative estimate of drug-likeness (QED) is 0.782. The molecule has 0 bridgehead atoms. The molecule has 1 unspecified atom stereocenters. The zero-order valence-corrected chi connectivity index (χ0v) is 11.8. The maximum Gasteiger partial charge on any atom is 0.254 e. The van der Waals surface area contributed by atoms with Gasteiger partial charge in [-0.25, -0.2) is 0 Å². The summed E-state index contributed by atoms with van der Waals surface area (Å²) in [6.45, 7) is 5.50. The Morgan fingerprint density at radius 2 is 2.35 bits per heavy atom. The van der Waals surface area contributed by atoms with Crippen molar-refractivity contribution in [2.45, 2.75) is 19.9 Å². The van der Waals surface area contributed by atoms with Crippen molar-refractivity contribution < 1.29 is 14.6 Å². The molecule has 1 aromatic carbocycles. The Morgan fingerprint density at radius 3 is 3.05 bits per heavy atom. The van der Waals surface area contributed by atoms with E-state index in [1.807, 2.05) is 30.9 Å². The van der Waals surface area contributed by atoms with E-state index in [9.17, 15) is 4.79 Å². The fourth-order valence-corrected chi connectivity index (χ4v) is 2.26. The first-order chi connectivity index (χ1) is 9.63. The molecule has 0 aliphatic carbocycles. The summed E-state index contributed by atoms with van der Waals surface area (Å²) in [4.78, 5) is 14.5. The van der Waals surface area contributed by atoms with Gasteiger partial charge in [-0.3, -0.25) is 4.79 Å². The predicted molar refractivity (Wildman–Crippen MR) is 76.5 cm³/mol. The molecule has 4 nitrogen and oxygen atoms in total. The van der Waals surface area contributed by atoms with Gasteiger partial charge in [-0.05, 0) is 31.5 Å². The molecule has 1 aliphatic heterocycles. The summed E-state index contributed by atoms with van der Waals surface area (Å²) in [7, 11) is 0. The second-order valence-corrected chi connectivity index (χ2v) is 4.91. The number of amides is 1. The van der Waals surface area contributed by atoms with Gasteiger partial charge in [0.1, 0.15) is 6.61 Å². The molecule has 4 heteroatoms. The zero-order valence-electron chi connectivity index (χ0n) is 11.8. The van der Waals surface area contributed by atoms with Crippen molar-refractivity contribution in [3.05, 3.63) is 34.9 Å².